The summed E-state index contributed by atoms with van der Waals surface area (Å²) < 4.78 is 10.6. The van der Waals surface area contributed by atoms with Gasteiger partial charge in [-0.2, -0.15) is 0 Å². The van der Waals surface area contributed by atoms with Crippen LogP contribution in [0.1, 0.15) is 18.9 Å². The van der Waals surface area contributed by atoms with E-state index in [1.807, 2.05) is 25.1 Å². The molecule has 6 nitrogen and oxygen atoms in total. The third kappa shape index (κ3) is 3.82. The highest BCUT2D eigenvalue weighted by Crippen LogP contribution is 2.24. The first-order valence-electron chi connectivity index (χ1n) is 7.62. The van der Waals surface area contributed by atoms with Crippen LogP contribution in [0.2, 0.25) is 0 Å². The van der Waals surface area contributed by atoms with E-state index in [1.54, 1.807) is 18.9 Å². The quantitative estimate of drug-likeness (QED) is 0.834. The van der Waals surface area contributed by atoms with E-state index in [9.17, 15) is 4.79 Å². The smallest absolute Gasteiger partial charge is 0.409 e. The fraction of sp³-hybridized carbons (Fsp3) is 0.562. The van der Waals surface area contributed by atoms with Crippen molar-refractivity contribution in [2.24, 2.45) is 0 Å². The standard InChI is InChI=1S/C16H25N3O3/c1-4-22-16(20)19-8-7-14(15(10-19)21-3)18-13-6-5-11(2)9-12(13)17/h5-6,9,14-15,18H,4,7-8,10,17H2,1-3H3/t14?,15-/m1/s1. The number of likely N-dealkylation sites (tertiary alicyclic amines) is 1. The van der Waals surface area contributed by atoms with Crippen LogP contribution < -0.4 is 11.1 Å². The molecule has 1 aliphatic heterocycles. The van der Waals surface area contributed by atoms with Crippen molar-refractivity contribution >= 4 is 17.5 Å². The second-order valence-electron chi connectivity index (χ2n) is 5.55. The Hall–Kier alpha value is -1.95. The fourth-order valence-electron chi connectivity index (χ4n) is 2.71. The van der Waals surface area contributed by atoms with Gasteiger partial charge in [0.15, 0.2) is 0 Å². The second kappa shape index (κ2) is 7.35. The van der Waals surface area contributed by atoms with Crippen LogP contribution >= 0.6 is 0 Å². The van der Waals surface area contributed by atoms with Gasteiger partial charge in [0, 0.05) is 13.7 Å². The molecule has 2 atom stereocenters. The maximum absolute atomic E-state index is 11.8. The van der Waals surface area contributed by atoms with Crippen LogP contribution in [0.5, 0.6) is 0 Å². The molecule has 1 saturated heterocycles. The number of amides is 1. The number of carbonyl (C=O) groups excluding carboxylic acids is 1. The van der Waals surface area contributed by atoms with E-state index >= 15 is 0 Å². The number of aryl methyl sites for hydroxylation is 1. The summed E-state index contributed by atoms with van der Waals surface area (Å²) in [6.45, 7) is 5.35. The number of nitrogens with one attached hydrogen (secondary N) is 1. The molecule has 0 saturated carbocycles. The van der Waals surface area contributed by atoms with Gasteiger partial charge in [0.25, 0.3) is 0 Å². The maximum Gasteiger partial charge on any atom is 0.409 e. The number of nitrogen functional groups attached to an aromatic ring is 1. The number of anilines is 2. The predicted molar refractivity (Wildman–Crippen MR) is 87.0 cm³/mol. The molecule has 3 N–H and O–H groups in total. The van der Waals surface area contributed by atoms with Crippen LogP contribution in [0.15, 0.2) is 18.2 Å². The predicted octanol–water partition coefficient (Wildman–Crippen LogP) is 2.23. The summed E-state index contributed by atoms with van der Waals surface area (Å²) in [5, 5.41) is 3.44. The zero-order valence-electron chi connectivity index (χ0n) is 13.5. The fourth-order valence-corrected chi connectivity index (χ4v) is 2.71. The Morgan fingerprint density at radius 2 is 2.27 bits per heavy atom. The first-order valence-corrected chi connectivity index (χ1v) is 7.62. The summed E-state index contributed by atoms with van der Waals surface area (Å²) in [5.41, 5.74) is 8.81. The number of rotatable bonds is 4. The van der Waals surface area contributed by atoms with Crippen molar-refractivity contribution < 1.29 is 14.3 Å². The lowest BCUT2D eigenvalue weighted by atomic mass is 10.0. The molecule has 1 unspecified atom stereocenters. The molecular formula is C16H25N3O3. The number of nitrogens with zero attached hydrogens (tertiary/aromatic N) is 1. The molecule has 122 valence electrons. The maximum atomic E-state index is 11.8. The van der Waals surface area contributed by atoms with Crippen molar-refractivity contribution in [2.45, 2.75) is 32.4 Å². The molecule has 0 aromatic heterocycles. The van der Waals surface area contributed by atoms with Gasteiger partial charge in [-0.15, -0.1) is 0 Å². The van der Waals surface area contributed by atoms with E-state index in [4.69, 9.17) is 15.2 Å². The van der Waals surface area contributed by atoms with Crippen molar-refractivity contribution in [3.63, 3.8) is 0 Å². The highest BCUT2D eigenvalue weighted by atomic mass is 16.6. The molecule has 1 aliphatic rings. The van der Waals surface area contributed by atoms with Crippen LogP contribution in [-0.4, -0.2) is 49.9 Å². The average Bonchev–Trinajstić information content (AvgIpc) is 2.50. The Labute approximate surface area is 131 Å². The lowest BCUT2D eigenvalue weighted by molar-refractivity contribution is 0.0176. The van der Waals surface area contributed by atoms with E-state index in [0.717, 1.165) is 23.4 Å². The van der Waals surface area contributed by atoms with E-state index in [2.05, 4.69) is 5.32 Å². The molecule has 2 rings (SSSR count). The van der Waals surface area contributed by atoms with E-state index in [-0.39, 0.29) is 18.2 Å². The van der Waals surface area contributed by atoms with Gasteiger partial charge in [-0.1, -0.05) is 6.07 Å². The molecule has 1 heterocycles. The van der Waals surface area contributed by atoms with Crippen molar-refractivity contribution in [3.8, 4) is 0 Å². The van der Waals surface area contributed by atoms with E-state index < -0.39 is 0 Å². The van der Waals surface area contributed by atoms with Crippen LogP contribution in [-0.2, 0) is 9.47 Å². The Morgan fingerprint density at radius 1 is 1.50 bits per heavy atom. The lowest BCUT2D eigenvalue weighted by Crippen LogP contribution is -2.52. The molecule has 0 bridgehead atoms. The van der Waals surface area contributed by atoms with Crippen LogP contribution in [0, 0.1) is 6.92 Å². The number of piperidine rings is 1. The molecule has 0 spiro atoms. The molecule has 0 radical (unpaired) electrons. The third-order valence-corrected chi connectivity index (χ3v) is 3.94. The third-order valence-electron chi connectivity index (χ3n) is 3.94. The van der Waals surface area contributed by atoms with Gasteiger partial charge in [-0.05, 0) is 38.0 Å². The molecule has 1 aromatic rings. The van der Waals surface area contributed by atoms with Gasteiger partial charge >= 0.3 is 6.09 Å². The monoisotopic (exact) mass is 307 g/mol. The largest absolute Gasteiger partial charge is 0.450 e. The summed E-state index contributed by atoms with van der Waals surface area (Å²) in [5.74, 6) is 0. The molecule has 0 aliphatic carbocycles. The molecule has 1 amide bonds. The Kier molecular flexibility index (Phi) is 5.49. The summed E-state index contributed by atoms with van der Waals surface area (Å²) >= 11 is 0. The zero-order valence-corrected chi connectivity index (χ0v) is 13.5. The topological polar surface area (TPSA) is 76.8 Å². The lowest BCUT2D eigenvalue weighted by Gasteiger charge is -2.38. The first-order chi connectivity index (χ1) is 10.5. The Morgan fingerprint density at radius 3 is 2.91 bits per heavy atom. The van der Waals surface area contributed by atoms with Gasteiger partial charge in [0.05, 0.1) is 36.7 Å². The van der Waals surface area contributed by atoms with Crippen LogP contribution in [0.25, 0.3) is 0 Å². The SMILES string of the molecule is CCOC(=O)N1CCC(Nc2ccc(C)cc2N)[C@H](OC)C1. The number of ether oxygens (including phenoxy) is 2. The van der Waals surface area contributed by atoms with Crippen molar-refractivity contribution in [1.29, 1.82) is 0 Å². The van der Waals surface area contributed by atoms with Gasteiger partial charge < -0.3 is 25.4 Å². The molecule has 1 fully saturated rings. The number of methoxy groups -OCH3 is 1. The zero-order chi connectivity index (χ0) is 16.1. The molecule has 1 aromatic carbocycles. The van der Waals surface area contributed by atoms with E-state index in [1.165, 1.54) is 0 Å². The number of benzene rings is 1. The Balaban J connectivity index is 2.02. The summed E-state index contributed by atoms with van der Waals surface area (Å²) in [4.78, 5) is 13.5. The van der Waals surface area contributed by atoms with Crippen molar-refractivity contribution in [1.82, 2.24) is 4.90 Å². The summed E-state index contributed by atoms with van der Waals surface area (Å²) in [7, 11) is 1.66. The summed E-state index contributed by atoms with van der Waals surface area (Å²) in [6, 6.07) is 6.06. The van der Waals surface area contributed by atoms with Crippen molar-refractivity contribution in [2.75, 3.05) is 37.9 Å². The minimum atomic E-state index is -0.280. The molecule has 6 heteroatoms. The van der Waals surface area contributed by atoms with Gasteiger partial charge in [-0.25, -0.2) is 4.79 Å². The number of hydrogen-bond donors (Lipinski definition) is 2. The Bertz CT molecular complexity index is 521. The number of hydrogen-bond acceptors (Lipinski definition) is 5. The minimum Gasteiger partial charge on any atom is -0.450 e. The number of carbonyl (C=O) groups is 1. The second-order valence-corrected chi connectivity index (χ2v) is 5.55. The van der Waals surface area contributed by atoms with Gasteiger partial charge in [0.1, 0.15) is 0 Å². The minimum absolute atomic E-state index is 0.0983. The highest BCUT2D eigenvalue weighted by molar-refractivity contribution is 5.69. The molecule has 22 heavy (non-hydrogen) atoms. The van der Waals surface area contributed by atoms with E-state index in [0.29, 0.717) is 19.7 Å². The normalized spacial score (nSPS) is 21.5. The van der Waals surface area contributed by atoms with Gasteiger partial charge in [-0.3, -0.25) is 0 Å². The van der Waals surface area contributed by atoms with Gasteiger partial charge in [0.2, 0.25) is 0 Å². The number of nitrogens with two attached hydrogens (primary N) is 1. The first kappa shape index (κ1) is 16.4. The van der Waals surface area contributed by atoms with Crippen molar-refractivity contribution in [3.05, 3.63) is 23.8 Å². The van der Waals surface area contributed by atoms with Crippen LogP contribution in [0.3, 0.4) is 0 Å². The highest BCUT2D eigenvalue weighted by Gasteiger charge is 2.32. The average molecular weight is 307 g/mol. The molecular weight excluding hydrogens is 282 g/mol. The summed E-state index contributed by atoms with van der Waals surface area (Å²) in [6.07, 6.45) is 0.404. The van der Waals surface area contributed by atoms with Crippen LogP contribution in [0.4, 0.5) is 16.2 Å².